The molecule has 1 amide bonds. The van der Waals surface area contributed by atoms with Crippen LogP contribution in [0.5, 0.6) is 0 Å². The van der Waals surface area contributed by atoms with Crippen LogP contribution in [-0.2, 0) is 4.79 Å². The lowest BCUT2D eigenvalue weighted by Crippen LogP contribution is -2.27. The first-order valence-electron chi connectivity index (χ1n) is 7.99. The predicted octanol–water partition coefficient (Wildman–Crippen LogP) is 4.99. The van der Waals surface area contributed by atoms with E-state index in [1.807, 2.05) is 19.1 Å². The second kappa shape index (κ2) is 6.52. The van der Waals surface area contributed by atoms with E-state index in [4.69, 9.17) is 12.2 Å². The lowest BCUT2D eigenvalue weighted by molar-refractivity contribution is -0.122. The maximum Gasteiger partial charge on any atom is 0.266 e. The van der Waals surface area contributed by atoms with Crippen molar-refractivity contribution in [2.75, 3.05) is 18.5 Å². The summed E-state index contributed by atoms with van der Waals surface area (Å²) in [6, 6.07) is 12.7. The lowest BCUT2D eigenvalue weighted by Gasteiger charge is -2.15. The van der Waals surface area contributed by atoms with E-state index in [0.717, 1.165) is 5.03 Å². The Morgan fingerprint density at radius 3 is 2.68 bits per heavy atom. The van der Waals surface area contributed by atoms with Crippen LogP contribution in [0.2, 0.25) is 0 Å². The molecule has 6 heteroatoms. The summed E-state index contributed by atoms with van der Waals surface area (Å²) in [4.78, 5) is 18.1. The second-order valence-electron chi connectivity index (χ2n) is 5.75. The van der Waals surface area contributed by atoms with Crippen molar-refractivity contribution in [1.29, 1.82) is 0 Å². The molecule has 2 aromatic rings. The molecule has 126 valence electrons. The van der Waals surface area contributed by atoms with Crippen LogP contribution in [0, 0.1) is 0 Å². The van der Waals surface area contributed by atoms with Gasteiger partial charge in [0.1, 0.15) is 4.32 Å². The minimum atomic E-state index is 0.00274. The first-order chi connectivity index (χ1) is 12.1. The molecule has 4 rings (SSSR count). The third kappa shape index (κ3) is 2.78. The van der Waals surface area contributed by atoms with Gasteiger partial charge in [0, 0.05) is 23.9 Å². The zero-order valence-electron chi connectivity index (χ0n) is 13.9. The molecule has 3 nitrogen and oxygen atoms in total. The van der Waals surface area contributed by atoms with Crippen LogP contribution in [0.1, 0.15) is 6.92 Å². The van der Waals surface area contributed by atoms with E-state index in [1.54, 1.807) is 16.7 Å². The van der Waals surface area contributed by atoms with E-state index < -0.39 is 0 Å². The van der Waals surface area contributed by atoms with Gasteiger partial charge in [-0.25, -0.2) is 0 Å². The Morgan fingerprint density at radius 2 is 1.92 bits per heavy atom. The zero-order valence-corrected chi connectivity index (χ0v) is 16.3. The maximum atomic E-state index is 12.3. The van der Waals surface area contributed by atoms with E-state index in [9.17, 15) is 4.79 Å². The van der Waals surface area contributed by atoms with Crippen molar-refractivity contribution >= 4 is 62.4 Å². The highest BCUT2D eigenvalue weighted by Crippen LogP contribution is 2.48. The van der Waals surface area contributed by atoms with Crippen molar-refractivity contribution < 1.29 is 4.79 Å². The number of anilines is 1. The summed E-state index contributed by atoms with van der Waals surface area (Å²) in [5.74, 6) is 0.00274. The molecule has 0 atom stereocenters. The summed E-state index contributed by atoms with van der Waals surface area (Å²) in [6.45, 7) is 2.55. The number of allylic oxidation sites excluding steroid dienone is 2. The first kappa shape index (κ1) is 16.7. The molecule has 2 aliphatic heterocycles. The molecule has 25 heavy (non-hydrogen) atoms. The van der Waals surface area contributed by atoms with Crippen molar-refractivity contribution in [3.05, 3.63) is 58.5 Å². The van der Waals surface area contributed by atoms with Crippen LogP contribution < -0.4 is 4.90 Å². The van der Waals surface area contributed by atoms with E-state index in [0.29, 0.717) is 15.8 Å². The average molecular weight is 385 g/mol. The molecule has 2 aromatic carbocycles. The van der Waals surface area contributed by atoms with E-state index in [1.165, 1.54) is 33.1 Å². The Kier molecular flexibility index (Phi) is 4.35. The molecule has 2 aliphatic rings. The first-order valence-corrected chi connectivity index (χ1v) is 10.0. The molecule has 0 unspecified atom stereocenters. The molecule has 0 spiro atoms. The third-order valence-corrected chi connectivity index (χ3v) is 6.88. The van der Waals surface area contributed by atoms with E-state index in [-0.39, 0.29) is 5.91 Å². The number of thiocarbonyl (C=S) groups is 1. The van der Waals surface area contributed by atoms with Gasteiger partial charge in [-0.15, -0.1) is 0 Å². The number of nitrogens with zero attached hydrogens (tertiary/aromatic N) is 2. The number of hydrogen-bond acceptors (Lipinski definition) is 5. The summed E-state index contributed by atoms with van der Waals surface area (Å²) < 4.78 is 0.638. The highest BCUT2D eigenvalue weighted by Gasteiger charge is 2.30. The summed E-state index contributed by atoms with van der Waals surface area (Å²) in [5.41, 5.74) is 1.23. The molecule has 0 radical (unpaired) electrons. The molecule has 0 N–H and O–H groups in total. The summed E-state index contributed by atoms with van der Waals surface area (Å²) in [5, 5.41) is 3.59. The minimum absolute atomic E-state index is 0.00274. The summed E-state index contributed by atoms with van der Waals surface area (Å²) in [6.07, 6.45) is 3.91. The van der Waals surface area contributed by atoms with Gasteiger partial charge in [-0.1, -0.05) is 66.1 Å². The number of rotatable bonds is 2. The van der Waals surface area contributed by atoms with Gasteiger partial charge >= 0.3 is 0 Å². The number of benzene rings is 2. The largest absolute Gasteiger partial charge is 0.338 e. The van der Waals surface area contributed by atoms with Gasteiger partial charge in [0.15, 0.2) is 0 Å². The van der Waals surface area contributed by atoms with Crippen LogP contribution in [0.4, 0.5) is 5.69 Å². The molecule has 2 heterocycles. The van der Waals surface area contributed by atoms with Gasteiger partial charge in [0.25, 0.3) is 5.91 Å². The fourth-order valence-corrected chi connectivity index (χ4v) is 5.43. The van der Waals surface area contributed by atoms with Crippen molar-refractivity contribution in [2.24, 2.45) is 0 Å². The van der Waals surface area contributed by atoms with Crippen molar-refractivity contribution in [3.63, 3.8) is 0 Å². The van der Waals surface area contributed by atoms with Crippen LogP contribution in [-0.4, -0.2) is 28.7 Å². The number of fused-ring (bicyclic) bond motifs is 3. The molecule has 0 saturated carbocycles. The van der Waals surface area contributed by atoms with Crippen molar-refractivity contribution in [2.45, 2.75) is 11.8 Å². The number of carbonyl (C=O) groups is 1. The maximum absolute atomic E-state index is 12.3. The Balaban J connectivity index is 1.68. The Hall–Kier alpha value is -1.76. The number of carbonyl (C=O) groups excluding carboxylic acids is 1. The van der Waals surface area contributed by atoms with Gasteiger partial charge in [-0.05, 0) is 30.5 Å². The van der Waals surface area contributed by atoms with Crippen molar-refractivity contribution in [1.82, 2.24) is 4.90 Å². The van der Waals surface area contributed by atoms with Gasteiger partial charge in [0.2, 0.25) is 0 Å². The van der Waals surface area contributed by atoms with Crippen LogP contribution in [0.15, 0.2) is 63.4 Å². The third-order valence-electron chi connectivity index (χ3n) is 4.31. The summed E-state index contributed by atoms with van der Waals surface area (Å²) >= 11 is 8.37. The highest BCUT2D eigenvalue weighted by molar-refractivity contribution is 8.26. The Bertz CT molecular complexity index is 964. The molecular weight excluding hydrogens is 368 g/mol. The number of thioether (sulfide) groups is 2. The normalized spacial score (nSPS) is 20.4. The Labute approximate surface area is 160 Å². The topological polar surface area (TPSA) is 23.6 Å². The molecule has 1 fully saturated rings. The van der Waals surface area contributed by atoms with Crippen LogP contribution >= 0.6 is 35.7 Å². The SMILES string of the molecule is CCN1C(=O)C(=CC=C2Sc3ccc4ccccc4c3N2C)SC1=S. The fraction of sp³-hybridized carbons (Fsp3) is 0.158. The van der Waals surface area contributed by atoms with E-state index in [2.05, 4.69) is 48.3 Å². The quantitative estimate of drug-likeness (QED) is 0.536. The Morgan fingerprint density at radius 1 is 1.12 bits per heavy atom. The van der Waals surface area contributed by atoms with Crippen molar-refractivity contribution in [3.8, 4) is 0 Å². The molecule has 0 aromatic heterocycles. The van der Waals surface area contributed by atoms with Gasteiger partial charge in [-0.3, -0.25) is 9.69 Å². The smallest absolute Gasteiger partial charge is 0.266 e. The number of hydrogen-bond donors (Lipinski definition) is 0. The van der Waals surface area contributed by atoms with Crippen LogP contribution in [0.3, 0.4) is 0 Å². The molecule has 0 aliphatic carbocycles. The monoisotopic (exact) mass is 384 g/mol. The van der Waals surface area contributed by atoms with E-state index >= 15 is 0 Å². The van der Waals surface area contributed by atoms with Gasteiger partial charge in [-0.2, -0.15) is 0 Å². The van der Waals surface area contributed by atoms with Gasteiger partial charge < -0.3 is 4.90 Å². The number of amides is 1. The standard InChI is InChI=1S/C19H16N2OS3/c1-3-21-18(22)15(25-19(21)23)10-11-16-20(2)17-13-7-5-4-6-12(13)8-9-14(17)24-16/h4-11H,3H2,1-2H3. The van der Waals surface area contributed by atoms with Gasteiger partial charge in [0.05, 0.1) is 15.6 Å². The minimum Gasteiger partial charge on any atom is -0.338 e. The second-order valence-corrected chi connectivity index (χ2v) is 8.49. The van der Waals surface area contributed by atoms with Crippen LogP contribution in [0.25, 0.3) is 10.8 Å². The highest BCUT2D eigenvalue weighted by atomic mass is 32.2. The summed E-state index contributed by atoms with van der Waals surface area (Å²) in [7, 11) is 2.07. The molecule has 1 saturated heterocycles. The molecular formula is C19H16N2OS3. The average Bonchev–Trinajstić information content (AvgIpc) is 3.09. The zero-order chi connectivity index (χ0) is 17.6. The lowest BCUT2D eigenvalue weighted by atomic mass is 10.1. The fourth-order valence-electron chi connectivity index (χ4n) is 3.03. The predicted molar refractivity (Wildman–Crippen MR) is 112 cm³/mol. The molecule has 0 bridgehead atoms. The number of likely N-dealkylation sites (N-methyl/N-ethyl adjacent to an activating group) is 1.